The summed E-state index contributed by atoms with van der Waals surface area (Å²) in [5.41, 5.74) is 5.55. The number of rotatable bonds is 4. The first-order chi connectivity index (χ1) is 13.2. The van der Waals surface area contributed by atoms with E-state index < -0.39 is 0 Å². The molecule has 2 heterocycles. The number of hydrogen-bond acceptors (Lipinski definition) is 4. The Morgan fingerprint density at radius 2 is 2.07 bits per heavy atom. The van der Waals surface area contributed by atoms with Gasteiger partial charge in [-0.2, -0.15) is 5.26 Å². The molecule has 0 bridgehead atoms. The molecule has 1 N–H and O–H groups in total. The van der Waals surface area contributed by atoms with Crippen molar-refractivity contribution in [2.45, 2.75) is 25.6 Å². The van der Waals surface area contributed by atoms with E-state index in [9.17, 15) is 5.26 Å². The zero-order valence-electron chi connectivity index (χ0n) is 15.5. The van der Waals surface area contributed by atoms with Crippen LogP contribution in [0.25, 0.3) is 0 Å². The third kappa shape index (κ3) is 3.86. The van der Waals surface area contributed by atoms with Crippen LogP contribution in [0.2, 0.25) is 0 Å². The Hall–Kier alpha value is -3.10. The van der Waals surface area contributed by atoms with Crippen LogP contribution >= 0.6 is 0 Å². The monoisotopic (exact) mass is 357 g/mol. The van der Waals surface area contributed by atoms with Gasteiger partial charge in [-0.05, 0) is 42.8 Å². The summed E-state index contributed by atoms with van der Waals surface area (Å²) < 4.78 is 0. The molecule has 0 saturated heterocycles. The molecule has 136 valence electrons. The van der Waals surface area contributed by atoms with Crippen LogP contribution in [0.1, 0.15) is 22.4 Å². The number of hydrogen-bond donors (Lipinski definition) is 1. The molecule has 0 radical (unpaired) electrons. The van der Waals surface area contributed by atoms with E-state index in [4.69, 9.17) is 0 Å². The molecule has 1 unspecified atom stereocenters. The molecule has 0 amide bonds. The Morgan fingerprint density at radius 3 is 2.81 bits per heavy atom. The van der Waals surface area contributed by atoms with Gasteiger partial charge in [-0.25, -0.2) is 4.98 Å². The minimum absolute atomic E-state index is 0.383. The average molecular weight is 357 g/mol. The molecule has 1 aliphatic rings. The van der Waals surface area contributed by atoms with Crippen molar-refractivity contribution in [3.8, 4) is 6.07 Å². The third-order valence-electron chi connectivity index (χ3n) is 5.25. The van der Waals surface area contributed by atoms with Gasteiger partial charge in [0.05, 0.1) is 30.2 Å². The zero-order valence-corrected chi connectivity index (χ0v) is 15.5. The number of likely N-dealkylation sites (N-methyl/N-ethyl adjacent to an activating group) is 1. The zero-order chi connectivity index (χ0) is 18.6. The quantitative estimate of drug-likeness (QED) is 0.778. The second-order valence-electron chi connectivity index (χ2n) is 7.17. The van der Waals surface area contributed by atoms with E-state index in [1.54, 1.807) is 6.33 Å². The average Bonchev–Trinajstić information content (AvgIpc) is 3.16. The standard InChI is InChI=1S/C22H23N5/c1-26-13-19-9-18(11-23)7-8-22(19)27(14-20-12-24-16-25-20)15-21(26)10-17-5-3-2-4-6-17/h2-9,12,16,21H,10,13-15H2,1H3,(H,24,25). The molecular weight excluding hydrogens is 334 g/mol. The van der Waals surface area contributed by atoms with Crippen molar-refractivity contribution in [2.75, 3.05) is 18.5 Å². The Morgan fingerprint density at radius 1 is 1.22 bits per heavy atom. The van der Waals surface area contributed by atoms with E-state index in [1.807, 2.05) is 18.3 Å². The Bertz CT molecular complexity index is 927. The van der Waals surface area contributed by atoms with E-state index >= 15 is 0 Å². The fourth-order valence-electron chi connectivity index (χ4n) is 3.81. The van der Waals surface area contributed by atoms with Gasteiger partial charge >= 0.3 is 0 Å². The maximum Gasteiger partial charge on any atom is 0.0991 e. The lowest BCUT2D eigenvalue weighted by Crippen LogP contribution is -2.40. The van der Waals surface area contributed by atoms with Gasteiger partial charge in [-0.1, -0.05) is 30.3 Å². The van der Waals surface area contributed by atoms with Gasteiger partial charge in [0.15, 0.2) is 0 Å². The van der Waals surface area contributed by atoms with Gasteiger partial charge in [0.25, 0.3) is 0 Å². The van der Waals surface area contributed by atoms with Crippen molar-refractivity contribution in [3.05, 3.63) is 83.4 Å². The summed E-state index contributed by atoms with van der Waals surface area (Å²) in [6.07, 6.45) is 4.60. The third-order valence-corrected chi connectivity index (χ3v) is 5.25. The Labute approximate surface area is 159 Å². The maximum absolute atomic E-state index is 9.31. The van der Waals surface area contributed by atoms with E-state index in [0.717, 1.165) is 31.7 Å². The highest BCUT2D eigenvalue weighted by atomic mass is 15.2. The molecule has 0 spiro atoms. The smallest absolute Gasteiger partial charge is 0.0991 e. The number of anilines is 1. The first kappa shape index (κ1) is 17.3. The second kappa shape index (κ2) is 7.65. The largest absolute Gasteiger partial charge is 0.364 e. The Balaban J connectivity index is 1.67. The molecule has 2 aromatic carbocycles. The van der Waals surface area contributed by atoms with E-state index in [0.29, 0.717) is 11.6 Å². The topological polar surface area (TPSA) is 59.0 Å². The molecule has 0 aliphatic carbocycles. The van der Waals surface area contributed by atoms with Crippen LogP contribution < -0.4 is 4.90 Å². The number of imidazole rings is 1. The lowest BCUT2D eigenvalue weighted by molar-refractivity contribution is 0.240. The molecule has 5 nitrogen and oxygen atoms in total. The van der Waals surface area contributed by atoms with Crippen molar-refractivity contribution in [1.82, 2.24) is 14.9 Å². The van der Waals surface area contributed by atoms with E-state index in [-0.39, 0.29) is 0 Å². The Kier molecular flexibility index (Phi) is 4.91. The highest BCUT2D eigenvalue weighted by Crippen LogP contribution is 2.29. The lowest BCUT2D eigenvalue weighted by atomic mass is 10.0. The molecular formula is C22H23N5. The second-order valence-corrected chi connectivity index (χ2v) is 7.17. The molecule has 1 aromatic heterocycles. The molecule has 5 heteroatoms. The van der Waals surface area contributed by atoms with Gasteiger partial charge in [-0.15, -0.1) is 0 Å². The highest BCUT2D eigenvalue weighted by molar-refractivity contribution is 5.57. The molecule has 0 saturated carbocycles. The molecule has 1 atom stereocenters. The maximum atomic E-state index is 9.31. The number of aromatic amines is 1. The van der Waals surface area contributed by atoms with Crippen LogP contribution in [0.5, 0.6) is 0 Å². The van der Waals surface area contributed by atoms with E-state index in [1.165, 1.54) is 16.8 Å². The fourth-order valence-corrected chi connectivity index (χ4v) is 3.81. The van der Waals surface area contributed by atoms with Crippen LogP contribution in [-0.2, 0) is 19.5 Å². The minimum Gasteiger partial charge on any atom is -0.364 e. The highest BCUT2D eigenvalue weighted by Gasteiger charge is 2.26. The van der Waals surface area contributed by atoms with Gasteiger partial charge in [0.2, 0.25) is 0 Å². The molecule has 4 rings (SSSR count). The van der Waals surface area contributed by atoms with Crippen molar-refractivity contribution in [1.29, 1.82) is 5.26 Å². The first-order valence-corrected chi connectivity index (χ1v) is 9.22. The number of benzene rings is 2. The van der Waals surface area contributed by atoms with Crippen LogP contribution in [0.4, 0.5) is 5.69 Å². The normalized spacial score (nSPS) is 17.2. The van der Waals surface area contributed by atoms with E-state index in [2.05, 4.69) is 69.3 Å². The van der Waals surface area contributed by atoms with Crippen molar-refractivity contribution < 1.29 is 0 Å². The predicted octanol–water partition coefficient (Wildman–Crippen LogP) is 3.34. The van der Waals surface area contributed by atoms with Crippen LogP contribution in [-0.4, -0.2) is 34.5 Å². The molecule has 0 fully saturated rings. The number of nitriles is 1. The SMILES string of the molecule is CN1Cc2cc(C#N)ccc2N(Cc2cnc[nH]2)CC1Cc1ccccc1. The summed E-state index contributed by atoms with van der Waals surface area (Å²) in [6, 6.07) is 19.3. The first-order valence-electron chi connectivity index (χ1n) is 9.22. The summed E-state index contributed by atoms with van der Waals surface area (Å²) in [5.74, 6) is 0. The summed E-state index contributed by atoms with van der Waals surface area (Å²) >= 11 is 0. The minimum atomic E-state index is 0.383. The fraction of sp³-hybridized carbons (Fsp3) is 0.273. The van der Waals surface area contributed by atoms with Crippen molar-refractivity contribution >= 4 is 5.69 Å². The van der Waals surface area contributed by atoms with Crippen LogP contribution in [0.3, 0.4) is 0 Å². The predicted molar refractivity (Wildman–Crippen MR) is 106 cm³/mol. The molecule has 3 aromatic rings. The molecule has 1 aliphatic heterocycles. The summed E-state index contributed by atoms with van der Waals surface area (Å²) in [6.45, 7) is 2.53. The number of H-pyrrole nitrogens is 1. The lowest BCUT2D eigenvalue weighted by Gasteiger charge is -2.30. The number of nitrogens with zero attached hydrogens (tertiary/aromatic N) is 4. The number of nitrogens with one attached hydrogen (secondary N) is 1. The molecule has 27 heavy (non-hydrogen) atoms. The van der Waals surface area contributed by atoms with Crippen molar-refractivity contribution in [3.63, 3.8) is 0 Å². The summed E-state index contributed by atoms with van der Waals surface area (Å²) in [5, 5.41) is 9.31. The van der Waals surface area contributed by atoms with Crippen LogP contribution in [0, 0.1) is 11.3 Å². The summed E-state index contributed by atoms with van der Waals surface area (Å²) in [7, 11) is 2.18. The van der Waals surface area contributed by atoms with Crippen LogP contribution in [0.15, 0.2) is 61.1 Å². The van der Waals surface area contributed by atoms with Gasteiger partial charge in [-0.3, -0.25) is 4.90 Å². The van der Waals surface area contributed by atoms with Gasteiger partial charge < -0.3 is 9.88 Å². The summed E-state index contributed by atoms with van der Waals surface area (Å²) in [4.78, 5) is 12.2. The van der Waals surface area contributed by atoms with Gasteiger partial charge in [0.1, 0.15) is 0 Å². The van der Waals surface area contributed by atoms with Gasteiger partial charge in [0, 0.05) is 31.0 Å². The number of aromatic nitrogens is 2. The van der Waals surface area contributed by atoms with Crippen molar-refractivity contribution in [2.24, 2.45) is 0 Å². The number of fused-ring (bicyclic) bond motifs is 1.